The van der Waals surface area contributed by atoms with E-state index in [2.05, 4.69) is 197 Å². The minimum Gasteiger partial charge on any atom is -0.320 e. The molecule has 0 N–H and O–H groups in total. The topological polar surface area (TPSA) is 46.9 Å². The van der Waals surface area contributed by atoms with E-state index in [9.17, 15) is 0 Å². The van der Waals surface area contributed by atoms with Crippen molar-refractivity contribution < 1.29 is 0 Å². The number of nitrogens with zero attached hydrogens (tertiary/aromatic N) is 5. The van der Waals surface area contributed by atoms with Crippen molar-refractivity contribution in [3.05, 3.63) is 205 Å². The van der Waals surface area contributed by atoms with E-state index in [4.69, 9.17) is 9.98 Å². The van der Waals surface area contributed by atoms with Crippen molar-refractivity contribution in [1.29, 1.82) is 0 Å². The number of hydrogen-bond acceptors (Lipinski definition) is 3. The summed E-state index contributed by atoms with van der Waals surface area (Å²) in [5.74, 6) is 0. The lowest BCUT2D eigenvalue weighted by Crippen LogP contribution is -2.07. The predicted molar refractivity (Wildman–Crippen MR) is 260 cm³/mol. The Kier molecular flexibility index (Phi) is 8.00. The lowest BCUT2D eigenvalue weighted by molar-refractivity contribution is 0.795. The molecule has 0 radical (unpaired) electrons. The van der Waals surface area contributed by atoms with Gasteiger partial charge in [-0.25, -0.2) is 0 Å². The molecule has 0 spiro atoms. The quantitative estimate of drug-likeness (QED) is 0.119. The molecule has 0 aliphatic carbocycles. The monoisotopic (exact) mass is 779 g/mol. The van der Waals surface area contributed by atoms with E-state index in [0.29, 0.717) is 18.1 Å². The Bertz CT molecular complexity index is 3710. The smallest absolute Gasteiger partial charge is 0.115 e. The Balaban J connectivity index is 1.15. The zero-order valence-corrected chi connectivity index (χ0v) is 33.2. The SMILES string of the molecule is C=N/C(=C1/N=CC=C/C1=N/Cn1c2ccccc2c2c3c(c4ccccc4c21)c1ccccc1c1c3c2ccccc2n1-c1ccccc1)c1ccc(-c2ccccc2)cc1. The molecule has 0 saturated carbocycles. The third-order valence-corrected chi connectivity index (χ3v) is 12.3. The molecule has 0 fully saturated rings. The van der Waals surface area contributed by atoms with E-state index < -0.39 is 0 Å². The maximum Gasteiger partial charge on any atom is 0.115 e. The molecular weight excluding hydrogens is 743 g/mol. The van der Waals surface area contributed by atoms with Crippen LogP contribution in [0.4, 0.5) is 0 Å². The summed E-state index contributed by atoms with van der Waals surface area (Å²) in [5, 5.41) is 12.3. The van der Waals surface area contributed by atoms with E-state index in [1.54, 1.807) is 6.21 Å². The average molecular weight is 780 g/mol. The molecule has 3 heterocycles. The molecule has 286 valence electrons. The Morgan fingerprint density at radius 2 is 1.03 bits per heavy atom. The molecule has 11 aromatic rings. The molecule has 0 amide bonds. The summed E-state index contributed by atoms with van der Waals surface area (Å²) >= 11 is 0. The van der Waals surface area contributed by atoms with Crippen molar-refractivity contribution in [2.45, 2.75) is 6.67 Å². The summed E-state index contributed by atoms with van der Waals surface area (Å²) in [4.78, 5) is 14.8. The van der Waals surface area contributed by atoms with Crippen LogP contribution in [0.5, 0.6) is 0 Å². The van der Waals surface area contributed by atoms with Crippen molar-refractivity contribution in [1.82, 2.24) is 9.13 Å². The highest BCUT2D eigenvalue weighted by Gasteiger charge is 2.25. The molecule has 0 saturated heterocycles. The number of fused-ring (bicyclic) bond motifs is 15. The van der Waals surface area contributed by atoms with Crippen molar-refractivity contribution >= 4 is 100 Å². The summed E-state index contributed by atoms with van der Waals surface area (Å²) in [6.45, 7) is 4.38. The second kappa shape index (κ2) is 14.0. The van der Waals surface area contributed by atoms with Crippen LogP contribution < -0.4 is 0 Å². The van der Waals surface area contributed by atoms with Gasteiger partial charge < -0.3 is 9.13 Å². The lowest BCUT2D eigenvalue weighted by Gasteiger charge is -2.16. The van der Waals surface area contributed by atoms with Crippen LogP contribution in [0.3, 0.4) is 0 Å². The zero-order valence-electron chi connectivity index (χ0n) is 33.2. The fourth-order valence-corrected chi connectivity index (χ4v) is 9.79. The Morgan fingerprint density at radius 3 is 1.72 bits per heavy atom. The fraction of sp³-hybridized carbons (Fsp3) is 0.0179. The summed E-state index contributed by atoms with van der Waals surface area (Å²) < 4.78 is 4.86. The largest absolute Gasteiger partial charge is 0.320 e. The number of dihydropyridines is 1. The molecule has 1 aliphatic heterocycles. The van der Waals surface area contributed by atoms with Gasteiger partial charge in [-0.2, -0.15) is 0 Å². The Morgan fingerprint density at radius 1 is 0.492 bits per heavy atom. The minimum atomic E-state index is 0.373. The predicted octanol–water partition coefficient (Wildman–Crippen LogP) is 14.1. The normalized spacial score (nSPS) is 14.5. The van der Waals surface area contributed by atoms with Crippen LogP contribution in [0.15, 0.2) is 215 Å². The van der Waals surface area contributed by atoms with Crippen molar-refractivity contribution in [3.63, 3.8) is 0 Å². The highest BCUT2D eigenvalue weighted by Crippen LogP contribution is 2.50. The number of rotatable bonds is 6. The van der Waals surface area contributed by atoms with Gasteiger partial charge in [-0.3, -0.25) is 15.0 Å². The van der Waals surface area contributed by atoms with Gasteiger partial charge in [0.05, 0.1) is 33.5 Å². The summed E-state index contributed by atoms with van der Waals surface area (Å²) in [6.07, 6.45) is 5.78. The number of para-hydroxylation sites is 3. The van der Waals surface area contributed by atoms with Gasteiger partial charge in [0.25, 0.3) is 0 Å². The van der Waals surface area contributed by atoms with Gasteiger partial charge in [0.2, 0.25) is 0 Å². The van der Waals surface area contributed by atoms with Crippen LogP contribution in [0.1, 0.15) is 5.56 Å². The van der Waals surface area contributed by atoms with Crippen LogP contribution in [0.25, 0.3) is 98.4 Å². The van der Waals surface area contributed by atoms with E-state index in [1.165, 1.54) is 64.9 Å². The van der Waals surface area contributed by atoms with Gasteiger partial charge >= 0.3 is 0 Å². The molecule has 2 aromatic heterocycles. The Labute approximate surface area is 351 Å². The first-order valence-electron chi connectivity index (χ1n) is 20.7. The summed E-state index contributed by atoms with van der Waals surface area (Å²) in [5.41, 5.74) is 11.2. The number of aromatic nitrogens is 2. The molecule has 5 nitrogen and oxygen atoms in total. The van der Waals surface area contributed by atoms with Crippen molar-refractivity contribution in [3.8, 4) is 16.8 Å². The maximum atomic E-state index is 5.39. The molecule has 61 heavy (non-hydrogen) atoms. The van der Waals surface area contributed by atoms with Crippen molar-refractivity contribution in [2.24, 2.45) is 15.0 Å². The summed E-state index contributed by atoms with van der Waals surface area (Å²) in [7, 11) is 0. The van der Waals surface area contributed by atoms with Crippen molar-refractivity contribution in [2.75, 3.05) is 0 Å². The van der Waals surface area contributed by atoms with Gasteiger partial charge in [0.1, 0.15) is 12.4 Å². The van der Waals surface area contributed by atoms with Gasteiger partial charge in [-0.15, -0.1) is 0 Å². The molecule has 0 unspecified atom stereocenters. The molecule has 0 atom stereocenters. The third-order valence-electron chi connectivity index (χ3n) is 12.3. The molecular formula is C56H37N5. The van der Waals surface area contributed by atoms with Crippen LogP contribution in [0, 0.1) is 0 Å². The second-order valence-corrected chi connectivity index (χ2v) is 15.5. The second-order valence-electron chi connectivity index (χ2n) is 15.5. The van der Waals surface area contributed by atoms with E-state index in [1.807, 2.05) is 18.2 Å². The lowest BCUT2D eigenvalue weighted by atomic mass is 9.89. The molecule has 5 heteroatoms. The van der Waals surface area contributed by atoms with Gasteiger partial charge in [-0.1, -0.05) is 158 Å². The first-order valence-corrected chi connectivity index (χ1v) is 20.7. The van der Waals surface area contributed by atoms with E-state index in [0.717, 1.165) is 39.1 Å². The molecule has 9 aromatic carbocycles. The first-order chi connectivity index (χ1) is 30.3. The van der Waals surface area contributed by atoms with Crippen LogP contribution >= 0.6 is 0 Å². The van der Waals surface area contributed by atoms with Crippen LogP contribution in [-0.4, -0.2) is 27.8 Å². The van der Waals surface area contributed by atoms with E-state index in [-0.39, 0.29) is 0 Å². The molecule has 1 aliphatic rings. The average Bonchev–Trinajstić information content (AvgIpc) is 3.86. The van der Waals surface area contributed by atoms with Gasteiger partial charge in [0.15, 0.2) is 0 Å². The first kappa shape index (κ1) is 34.9. The zero-order chi connectivity index (χ0) is 40.4. The summed E-state index contributed by atoms with van der Waals surface area (Å²) in [6, 6.07) is 65.1. The van der Waals surface area contributed by atoms with Gasteiger partial charge in [-0.05, 0) is 70.4 Å². The standard InChI is InChI=1S/C56H37N5/c1-57-53(38-32-30-37(31-33-38)36-17-4-2-5-18-36)54-46(27-16-34-58-54)59-35-60-47-28-14-12-25-44(47)50-52-49(40-21-8-10-23-42(40)55(50)60)41-22-9-11-24-43(41)56-51(52)45-26-13-15-29-48(45)61(56)39-19-6-3-7-20-39/h2-34H,1,35H2/b54-53+,59-46-. The highest BCUT2D eigenvalue weighted by molar-refractivity contribution is 6.45. The maximum absolute atomic E-state index is 5.39. The van der Waals surface area contributed by atoms with Crippen LogP contribution in [-0.2, 0) is 6.67 Å². The highest BCUT2D eigenvalue weighted by atomic mass is 15.1. The number of hydrogen-bond donors (Lipinski definition) is 0. The number of aliphatic imine (C=N–C) groups is 3. The number of benzene rings is 9. The van der Waals surface area contributed by atoms with E-state index >= 15 is 0 Å². The molecule has 0 bridgehead atoms. The molecule has 12 rings (SSSR count). The Hall–Kier alpha value is -8.15. The fourth-order valence-electron chi connectivity index (χ4n) is 9.79. The minimum absolute atomic E-state index is 0.373. The van der Waals surface area contributed by atoms with Crippen LogP contribution in [0.2, 0.25) is 0 Å². The number of allylic oxidation sites excluding steroid dienone is 2. The van der Waals surface area contributed by atoms with Gasteiger partial charge in [0, 0.05) is 55.2 Å². The third kappa shape index (κ3) is 5.30.